The Hall–Kier alpha value is -3.19. The van der Waals surface area contributed by atoms with Crippen molar-refractivity contribution in [3.8, 4) is 22.8 Å². The number of benzene rings is 2. The number of hydrogen-bond donors (Lipinski definition) is 1. The molecule has 2 aliphatic rings. The summed E-state index contributed by atoms with van der Waals surface area (Å²) in [7, 11) is 0. The Morgan fingerprint density at radius 2 is 1.80 bits per heavy atom. The third-order valence-electron chi connectivity index (χ3n) is 5.45. The number of anilines is 1. The van der Waals surface area contributed by atoms with E-state index in [9.17, 15) is 4.79 Å². The number of ether oxygens (including phenoxy) is 2. The lowest BCUT2D eigenvalue weighted by atomic mass is 10.1. The molecule has 30 heavy (non-hydrogen) atoms. The molecule has 0 atom stereocenters. The Labute approximate surface area is 179 Å². The van der Waals surface area contributed by atoms with Gasteiger partial charge in [-0.15, -0.1) is 0 Å². The lowest BCUT2D eigenvalue weighted by molar-refractivity contribution is 0.0767. The van der Waals surface area contributed by atoms with Crippen LogP contribution in [-0.2, 0) is 0 Å². The number of carbonyl (C=O) groups is 1. The van der Waals surface area contributed by atoms with E-state index >= 15 is 0 Å². The first-order valence-corrected chi connectivity index (χ1v) is 10.3. The van der Waals surface area contributed by atoms with Gasteiger partial charge in [0.2, 0.25) is 6.79 Å². The molecule has 8 heteroatoms. The molecule has 5 rings (SSSR count). The van der Waals surface area contributed by atoms with Crippen molar-refractivity contribution in [2.45, 2.75) is 6.42 Å². The Balaban J connectivity index is 1.27. The van der Waals surface area contributed by atoms with Crippen LogP contribution in [0.4, 0.5) is 5.82 Å². The number of hydrogen-bond acceptors (Lipinski definition) is 5. The zero-order valence-corrected chi connectivity index (χ0v) is 17.1. The van der Waals surface area contributed by atoms with E-state index in [1.807, 2.05) is 29.2 Å². The first-order chi connectivity index (χ1) is 14.7. The second kappa shape index (κ2) is 7.91. The quantitative estimate of drug-likeness (QED) is 0.692. The van der Waals surface area contributed by atoms with Crippen molar-refractivity contribution in [3.63, 3.8) is 0 Å². The average molecular weight is 425 g/mol. The summed E-state index contributed by atoms with van der Waals surface area (Å²) in [5, 5.41) is 8.24. The van der Waals surface area contributed by atoms with Crippen molar-refractivity contribution < 1.29 is 14.3 Å². The topological polar surface area (TPSA) is 70.7 Å². The van der Waals surface area contributed by atoms with Crippen LogP contribution >= 0.6 is 11.6 Å². The number of halogens is 1. The molecule has 3 aromatic rings. The number of amides is 1. The summed E-state index contributed by atoms with van der Waals surface area (Å²) in [5.74, 6) is 2.42. The van der Waals surface area contributed by atoms with Gasteiger partial charge in [0, 0.05) is 48.4 Å². The molecule has 154 valence electrons. The van der Waals surface area contributed by atoms with Crippen molar-refractivity contribution in [1.29, 1.82) is 0 Å². The molecule has 1 aromatic heterocycles. The van der Waals surface area contributed by atoms with E-state index in [-0.39, 0.29) is 12.7 Å². The molecule has 0 bridgehead atoms. The fourth-order valence-corrected chi connectivity index (χ4v) is 3.94. The second-order valence-electron chi connectivity index (χ2n) is 7.35. The van der Waals surface area contributed by atoms with Crippen LogP contribution in [-0.4, -0.2) is 54.0 Å². The molecule has 2 aromatic carbocycles. The van der Waals surface area contributed by atoms with Crippen LogP contribution in [0.5, 0.6) is 11.5 Å². The van der Waals surface area contributed by atoms with Gasteiger partial charge in [-0.2, -0.15) is 5.10 Å². The average Bonchev–Trinajstić information content (AvgIpc) is 3.38. The van der Waals surface area contributed by atoms with E-state index in [2.05, 4.69) is 15.1 Å². The zero-order valence-electron chi connectivity index (χ0n) is 16.3. The highest BCUT2D eigenvalue weighted by Gasteiger charge is 2.22. The van der Waals surface area contributed by atoms with Gasteiger partial charge >= 0.3 is 0 Å². The summed E-state index contributed by atoms with van der Waals surface area (Å²) in [4.78, 5) is 16.9. The molecule has 3 heterocycles. The maximum atomic E-state index is 12.8. The fraction of sp³-hybridized carbons (Fsp3) is 0.273. The molecule has 7 nitrogen and oxygen atoms in total. The summed E-state index contributed by atoms with van der Waals surface area (Å²) in [5.41, 5.74) is 2.58. The van der Waals surface area contributed by atoms with Gasteiger partial charge in [0.15, 0.2) is 17.3 Å². The van der Waals surface area contributed by atoms with Crippen LogP contribution < -0.4 is 14.4 Å². The van der Waals surface area contributed by atoms with Crippen LogP contribution in [0.3, 0.4) is 0 Å². The Bertz CT molecular complexity index is 1070. The van der Waals surface area contributed by atoms with E-state index < -0.39 is 0 Å². The smallest absolute Gasteiger partial charge is 0.253 e. The third kappa shape index (κ3) is 3.68. The van der Waals surface area contributed by atoms with Gasteiger partial charge in [-0.25, -0.2) is 0 Å². The fourth-order valence-electron chi connectivity index (χ4n) is 3.81. The van der Waals surface area contributed by atoms with Gasteiger partial charge < -0.3 is 19.3 Å². The highest BCUT2D eigenvalue weighted by Crippen LogP contribution is 2.36. The monoisotopic (exact) mass is 424 g/mol. The lowest BCUT2D eigenvalue weighted by Gasteiger charge is -2.22. The zero-order chi connectivity index (χ0) is 20.5. The third-order valence-corrected chi connectivity index (χ3v) is 5.70. The molecule has 0 spiro atoms. The molecule has 0 saturated carbocycles. The van der Waals surface area contributed by atoms with Gasteiger partial charge in [-0.3, -0.25) is 9.89 Å². The van der Waals surface area contributed by atoms with Crippen molar-refractivity contribution in [1.82, 2.24) is 15.1 Å². The summed E-state index contributed by atoms with van der Waals surface area (Å²) < 4.78 is 10.8. The number of H-pyrrole nitrogens is 1. The molecule has 2 aliphatic heterocycles. The van der Waals surface area contributed by atoms with Crippen molar-refractivity contribution >= 4 is 23.3 Å². The molecular weight excluding hydrogens is 404 g/mol. The number of aromatic nitrogens is 2. The number of fused-ring (bicyclic) bond motifs is 1. The highest BCUT2D eigenvalue weighted by molar-refractivity contribution is 6.30. The number of aromatic amines is 1. The first-order valence-electron chi connectivity index (χ1n) is 9.92. The SMILES string of the molecule is O=C(c1ccc(Cl)cc1)N1CCCN(c2cc(-c3ccc4c(c3)OCO4)[nH]n2)CC1. The van der Waals surface area contributed by atoms with Crippen LogP contribution in [0.2, 0.25) is 5.02 Å². The standard InChI is InChI=1S/C22H21ClN4O3/c23-17-5-2-15(3-6-17)22(28)27-9-1-8-26(10-11-27)21-13-18(24-25-21)16-4-7-19-20(12-16)30-14-29-19/h2-7,12-13H,1,8-11,14H2,(H,24,25). The largest absolute Gasteiger partial charge is 0.454 e. The van der Waals surface area contributed by atoms with Gasteiger partial charge in [0.25, 0.3) is 5.91 Å². The van der Waals surface area contributed by atoms with E-state index in [1.54, 1.807) is 24.3 Å². The summed E-state index contributed by atoms with van der Waals surface area (Å²) in [6.45, 7) is 3.19. The van der Waals surface area contributed by atoms with Gasteiger partial charge in [-0.05, 0) is 48.9 Å². The summed E-state index contributed by atoms with van der Waals surface area (Å²) in [6.07, 6.45) is 0.881. The number of nitrogens with zero attached hydrogens (tertiary/aromatic N) is 3. The predicted molar refractivity (Wildman–Crippen MR) is 114 cm³/mol. The molecule has 0 unspecified atom stereocenters. The van der Waals surface area contributed by atoms with Crippen molar-refractivity contribution in [2.75, 3.05) is 37.9 Å². The van der Waals surface area contributed by atoms with Crippen LogP contribution in [0.25, 0.3) is 11.3 Å². The Morgan fingerprint density at radius 1 is 0.967 bits per heavy atom. The summed E-state index contributed by atoms with van der Waals surface area (Å²) in [6, 6.07) is 14.9. The van der Waals surface area contributed by atoms with Crippen LogP contribution in [0, 0.1) is 0 Å². The number of rotatable bonds is 3. The molecule has 0 aliphatic carbocycles. The maximum absolute atomic E-state index is 12.8. The maximum Gasteiger partial charge on any atom is 0.253 e. The summed E-state index contributed by atoms with van der Waals surface area (Å²) >= 11 is 5.93. The minimum Gasteiger partial charge on any atom is -0.454 e. The highest BCUT2D eigenvalue weighted by atomic mass is 35.5. The van der Waals surface area contributed by atoms with Gasteiger partial charge in [0.05, 0.1) is 5.69 Å². The molecular formula is C22H21ClN4O3. The van der Waals surface area contributed by atoms with Gasteiger partial charge in [0.1, 0.15) is 0 Å². The van der Waals surface area contributed by atoms with Crippen molar-refractivity contribution in [2.24, 2.45) is 0 Å². The Morgan fingerprint density at radius 3 is 2.67 bits per heavy atom. The van der Waals surface area contributed by atoms with Crippen LogP contribution in [0.15, 0.2) is 48.5 Å². The van der Waals surface area contributed by atoms with Crippen LogP contribution in [0.1, 0.15) is 16.8 Å². The molecule has 1 amide bonds. The second-order valence-corrected chi connectivity index (χ2v) is 7.78. The molecule has 1 saturated heterocycles. The minimum absolute atomic E-state index is 0.0385. The minimum atomic E-state index is 0.0385. The lowest BCUT2D eigenvalue weighted by Crippen LogP contribution is -2.35. The normalized spacial score (nSPS) is 15.9. The predicted octanol–water partition coefficient (Wildman–Crippen LogP) is 3.81. The van der Waals surface area contributed by atoms with E-state index in [0.717, 1.165) is 54.6 Å². The van der Waals surface area contributed by atoms with E-state index in [4.69, 9.17) is 21.1 Å². The molecule has 0 radical (unpaired) electrons. The molecule has 1 N–H and O–H groups in total. The van der Waals surface area contributed by atoms with E-state index in [1.165, 1.54) is 0 Å². The Kier molecular flexibility index (Phi) is 4.96. The number of carbonyl (C=O) groups excluding carboxylic acids is 1. The van der Waals surface area contributed by atoms with E-state index in [0.29, 0.717) is 17.1 Å². The molecule has 1 fully saturated rings. The van der Waals surface area contributed by atoms with Crippen molar-refractivity contribution in [3.05, 3.63) is 59.1 Å². The van der Waals surface area contributed by atoms with Gasteiger partial charge in [-0.1, -0.05) is 11.6 Å². The number of nitrogens with one attached hydrogen (secondary N) is 1. The first kappa shape index (κ1) is 18.8.